The molecule has 1 amide bonds. The number of benzene rings is 1. The lowest BCUT2D eigenvalue weighted by Crippen LogP contribution is -2.43. The third-order valence-corrected chi connectivity index (χ3v) is 3.32. The van der Waals surface area contributed by atoms with Crippen molar-refractivity contribution in [2.45, 2.75) is 25.4 Å². The van der Waals surface area contributed by atoms with Crippen molar-refractivity contribution in [3.05, 3.63) is 23.8 Å². The summed E-state index contributed by atoms with van der Waals surface area (Å²) >= 11 is 0. The Labute approximate surface area is 113 Å². The van der Waals surface area contributed by atoms with Gasteiger partial charge in [-0.1, -0.05) is 6.07 Å². The fourth-order valence-corrected chi connectivity index (χ4v) is 2.21. The second-order valence-electron chi connectivity index (χ2n) is 4.60. The Balaban J connectivity index is 1.96. The van der Waals surface area contributed by atoms with Gasteiger partial charge in [-0.25, -0.2) is 0 Å². The second-order valence-corrected chi connectivity index (χ2v) is 4.60. The zero-order chi connectivity index (χ0) is 13.7. The van der Waals surface area contributed by atoms with Gasteiger partial charge in [-0.3, -0.25) is 4.79 Å². The van der Waals surface area contributed by atoms with Crippen LogP contribution in [0.3, 0.4) is 0 Å². The van der Waals surface area contributed by atoms with E-state index in [4.69, 9.17) is 9.47 Å². The summed E-state index contributed by atoms with van der Waals surface area (Å²) in [7, 11) is 3.28. The summed E-state index contributed by atoms with van der Waals surface area (Å²) in [6.45, 7) is 1.43. The number of nitrogens with one attached hydrogen (secondary N) is 2. The van der Waals surface area contributed by atoms with Crippen LogP contribution in [-0.4, -0.2) is 32.7 Å². The number of hydrogen-bond acceptors (Lipinski definition) is 4. The highest BCUT2D eigenvalue weighted by atomic mass is 16.5. The molecular formula is C14H20N2O3. The van der Waals surface area contributed by atoms with Crippen LogP contribution in [0.4, 0.5) is 0 Å². The van der Waals surface area contributed by atoms with E-state index >= 15 is 0 Å². The Bertz CT molecular complexity index is 448. The molecule has 1 heterocycles. The lowest BCUT2D eigenvalue weighted by atomic mass is 10.1. The summed E-state index contributed by atoms with van der Waals surface area (Å²) in [5.74, 6) is 1.69. The van der Waals surface area contributed by atoms with Gasteiger partial charge in [-0.05, 0) is 12.5 Å². The van der Waals surface area contributed by atoms with Gasteiger partial charge in [0.25, 0.3) is 0 Å². The highest BCUT2D eigenvalue weighted by molar-refractivity contribution is 5.77. The number of carbonyl (C=O) groups is 1. The first kappa shape index (κ1) is 13.7. The molecule has 1 aromatic rings. The van der Waals surface area contributed by atoms with Crippen molar-refractivity contribution in [1.82, 2.24) is 10.6 Å². The van der Waals surface area contributed by atoms with Gasteiger partial charge in [-0.15, -0.1) is 0 Å². The molecule has 1 aromatic carbocycles. The van der Waals surface area contributed by atoms with E-state index in [1.165, 1.54) is 0 Å². The number of piperidine rings is 1. The number of methoxy groups -OCH3 is 2. The van der Waals surface area contributed by atoms with Crippen molar-refractivity contribution in [3.8, 4) is 11.5 Å². The smallest absolute Gasteiger partial charge is 0.221 e. The first-order valence-corrected chi connectivity index (χ1v) is 6.44. The maximum Gasteiger partial charge on any atom is 0.221 e. The molecule has 0 aromatic heterocycles. The monoisotopic (exact) mass is 264 g/mol. The number of rotatable bonds is 5. The molecule has 1 saturated heterocycles. The molecule has 2 rings (SSSR count). The van der Waals surface area contributed by atoms with E-state index in [9.17, 15) is 4.79 Å². The molecule has 104 valence electrons. The van der Waals surface area contributed by atoms with Crippen LogP contribution in [0.15, 0.2) is 18.2 Å². The Morgan fingerprint density at radius 2 is 2.21 bits per heavy atom. The van der Waals surface area contributed by atoms with Gasteiger partial charge in [0.05, 0.1) is 14.2 Å². The summed E-state index contributed by atoms with van der Waals surface area (Å²) in [5.41, 5.74) is 1.06. The lowest BCUT2D eigenvalue weighted by molar-refractivity contribution is -0.122. The number of ether oxygens (including phenoxy) is 2. The molecule has 1 atom stereocenters. The van der Waals surface area contributed by atoms with Crippen molar-refractivity contribution in [2.75, 3.05) is 20.8 Å². The van der Waals surface area contributed by atoms with Crippen LogP contribution >= 0.6 is 0 Å². The molecule has 1 aliphatic rings. The van der Waals surface area contributed by atoms with Crippen LogP contribution in [0.2, 0.25) is 0 Å². The van der Waals surface area contributed by atoms with Gasteiger partial charge < -0.3 is 20.1 Å². The second kappa shape index (κ2) is 6.43. The molecule has 0 bridgehead atoms. The average Bonchev–Trinajstić information content (AvgIpc) is 2.45. The van der Waals surface area contributed by atoms with E-state index in [-0.39, 0.29) is 11.9 Å². The van der Waals surface area contributed by atoms with E-state index < -0.39 is 0 Å². The summed E-state index contributed by atoms with van der Waals surface area (Å²) in [4.78, 5) is 11.3. The highest BCUT2D eigenvalue weighted by Gasteiger charge is 2.18. The molecule has 0 saturated carbocycles. The first-order valence-electron chi connectivity index (χ1n) is 6.44. The molecule has 1 fully saturated rings. The molecule has 1 aliphatic heterocycles. The Morgan fingerprint density at radius 1 is 1.37 bits per heavy atom. The Morgan fingerprint density at radius 3 is 2.89 bits per heavy atom. The third-order valence-electron chi connectivity index (χ3n) is 3.32. The summed E-state index contributed by atoms with van der Waals surface area (Å²) in [6.07, 6.45) is 1.50. The Kier molecular flexibility index (Phi) is 4.63. The fraction of sp³-hybridized carbons (Fsp3) is 0.500. The molecule has 0 radical (unpaired) electrons. The van der Waals surface area contributed by atoms with E-state index in [1.807, 2.05) is 18.2 Å². The zero-order valence-corrected chi connectivity index (χ0v) is 11.4. The molecule has 5 heteroatoms. The molecule has 0 spiro atoms. The molecule has 1 unspecified atom stereocenters. The fourth-order valence-electron chi connectivity index (χ4n) is 2.21. The average molecular weight is 264 g/mol. The van der Waals surface area contributed by atoms with Crippen molar-refractivity contribution < 1.29 is 14.3 Å². The van der Waals surface area contributed by atoms with Gasteiger partial charge in [0.1, 0.15) is 11.5 Å². The third kappa shape index (κ3) is 3.61. The van der Waals surface area contributed by atoms with Crippen molar-refractivity contribution >= 4 is 5.91 Å². The van der Waals surface area contributed by atoms with Crippen molar-refractivity contribution in [3.63, 3.8) is 0 Å². The molecule has 0 aliphatic carbocycles. The minimum atomic E-state index is 0.116. The van der Waals surface area contributed by atoms with E-state index in [0.717, 1.165) is 30.0 Å². The topological polar surface area (TPSA) is 59.6 Å². The van der Waals surface area contributed by atoms with Crippen molar-refractivity contribution in [2.24, 2.45) is 0 Å². The van der Waals surface area contributed by atoms with Crippen LogP contribution in [0.5, 0.6) is 11.5 Å². The number of hydrogen-bond donors (Lipinski definition) is 2. The molecule has 19 heavy (non-hydrogen) atoms. The van der Waals surface area contributed by atoms with Gasteiger partial charge in [0.15, 0.2) is 0 Å². The highest BCUT2D eigenvalue weighted by Crippen LogP contribution is 2.24. The first-order chi connectivity index (χ1) is 9.22. The maximum atomic E-state index is 11.3. The van der Waals surface area contributed by atoms with Crippen molar-refractivity contribution in [1.29, 1.82) is 0 Å². The minimum absolute atomic E-state index is 0.116. The largest absolute Gasteiger partial charge is 0.497 e. The van der Waals surface area contributed by atoms with E-state index in [0.29, 0.717) is 13.0 Å². The SMILES string of the molecule is COc1ccc(CNC2CCNC(=O)C2)c(OC)c1. The minimum Gasteiger partial charge on any atom is -0.497 e. The van der Waals surface area contributed by atoms with Gasteiger partial charge >= 0.3 is 0 Å². The standard InChI is InChI=1S/C14H20N2O3/c1-18-12-4-3-10(13(8-12)19-2)9-16-11-5-6-15-14(17)7-11/h3-4,8,11,16H,5-7,9H2,1-2H3,(H,15,17). The maximum absolute atomic E-state index is 11.3. The van der Waals surface area contributed by atoms with Crippen LogP contribution in [0, 0.1) is 0 Å². The van der Waals surface area contributed by atoms with Gasteiger partial charge in [0, 0.05) is 37.2 Å². The zero-order valence-electron chi connectivity index (χ0n) is 11.4. The van der Waals surface area contributed by atoms with E-state index in [2.05, 4.69) is 10.6 Å². The normalized spacial score (nSPS) is 18.8. The van der Waals surface area contributed by atoms with E-state index in [1.54, 1.807) is 14.2 Å². The predicted molar refractivity (Wildman–Crippen MR) is 72.4 cm³/mol. The van der Waals surface area contributed by atoms with Crippen LogP contribution in [0.1, 0.15) is 18.4 Å². The summed E-state index contributed by atoms with van der Waals surface area (Å²) in [6, 6.07) is 5.99. The summed E-state index contributed by atoms with van der Waals surface area (Å²) < 4.78 is 10.5. The molecular weight excluding hydrogens is 244 g/mol. The van der Waals surface area contributed by atoms with Crippen LogP contribution < -0.4 is 20.1 Å². The lowest BCUT2D eigenvalue weighted by Gasteiger charge is -2.23. The number of carbonyl (C=O) groups excluding carboxylic acids is 1. The van der Waals surface area contributed by atoms with Gasteiger partial charge in [0.2, 0.25) is 5.91 Å². The van der Waals surface area contributed by atoms with Crippen LogP contribution in [-0.2, 0) is 11.3 Å². The Hall–Kier alpha value is -1.75. The quantitative estimate of drug-likeness (QED) is 0.835. The van der Waals surface area contributed by atoms with Crippen LogP contribution in [0.25, 0.3) is 0 Å². The molecule has 2 N–H and O–H groups in total. The summed E-state index contributed by atoms with van der Waals surface area (Å²) in [5, 5.41) is 6.23. The predicted octanol–water partition coefficient (Wildman–Crippen LogP) is 1.07. The molecule has 5 nitrogen and oxygen atoms in total. The van der Waals surface area contributed by atoms with Gasteiger partial charge in [-0.2, -0.15) is 0 Å². The number of amides is 1.